The summed E-state index contributed by atoms with van der Waals surface area (Å²) in [6.07, 6.45) is 11.4. The number of hydrogen-bond acceptors (Lipinski definition) is 5. The van der Waals surface area contributed by atoms with E-state index in [1.165, 1.54) is 0 Å². The van der Waals surface area contributed by atoms with Crippen LogP contribution in [0.2, 0.25) is 0 Å². The molecule has 3 saturated carbocycles. The first-order valence-electron chi connectivity index (χ1n) is 13.7. The molecule has 0 bridgehead atoms. The van der Waals surface area contributed by atoms with E-state index in [2.05, 4.69) is 10.3 Å². The normalized spacial score (nSPS) is 23.4. The number of amides is 1. The van der Waals surface area contributed by atoms with Crippen LogP contribution in [0.4, 0.5) is 5.69 Å². The average Bonchev–Trinajstić information content (AvgIpc) is 3.86. The van der Waals surface area contributed by atoms with Crippen molar-refractivity contribution >= 4 is 22.5 Å². The number of nitrogens with zero attached hydrogens (tertiary/aromatic N) is 4. The SMILES string of the molecule is O=C(Nc1cc2cn(C3CCC(O)(C4CC4)CC3)nc2cc1-c1ccccn1)c1cccc(C2CC2)[n+]1[O-]. The summed E-state index contributed by atoms with van der Waals surface area (Å²) in [6.45, 7) is 0. The van der Waals surface area contributed by atoms with Crippen LogP contribution in [-0.4, -0.2) is 31.4 Å². The largest absolute Gasteiger partial charge is 0.618 e. The molecule has 0 saturated heterocycles. The molecule has 3 aromatic heterocycles. The van der Waals surface area contributed by atoms with Gasteiger partial charge in [0.2, 0.25) is 0 Å². The Hall–Kier alpha value is -3.78. The second-order valence-electron chi connectivity index (χ2n) is 11.2. The molecule has 38 heavy (non-hydrogen) atoms. The summed E-state index contributed by atoms with van der Waals surface area (Å²) in [6, 6.07) is 14.9. The van der Waals surface area contributed by atoms with E-state index >= 15 is 0 Å². The lowest BCUT2D eigenvalue weighted by atomic mass is 9.79. The quantitative estimate of drug-likeness (QED) is 0.277. The fourth-order valence-electron chi connectivity index (χ4n) is 6.06. The Kier molecular flexibility index (Phi) is 5.47. The van der Waals surface area contributed by atoms with Crippen LogP contribution in [0.3, 0.4) is 0 Å². The summed E-state index contributed by atoms with van der Waals surface area (Å²) in [5.74, 6) is 0.273. The smallest absolute Gasteiger partial charge is 0.321 e. The van der Waals surface area contributed by atoms with Gasteiger partial charge in [-0.15, -0.1) is 0 Å². The molecule has 3 aliphatic carbocycles. The van der Waals surface area contributed by atoms with Gasteiger partial charge >= 0.3 is 5.91 Å². The zero-order valence-electron chi connectivity index (χ0n) is 21.2. The van der Waals surface area contributed by atoms with Crippen molar-refractivity contribution in [2.75, 3.05) is 5.32 Å². The van der Waals surface area contributed by atoms with E-state index in [4.69, 9.17) is 5.10 Å². The first-order valence-corrected chi connectivity index (χ1v) is 13.7. The Morgan fingerprint density at radius 2 is 1.87 bits per heavy atom. The van der Waals surface area contributed by atoms with Gasteiger partial charge in [0.05, 0.1) is 28.5 Å². The number of nitrogens with one attached hydrogen (secondary N) is 1. The molecule has 8 heteroatoms. The fourth-order valence-corrected chi connectivity index (χ4v) is 6.06. The van der Waals surface area contributed by atoms with Crippen LogP contribution in [0, 0.1) is 11.1 Å². The molecular weight excluding hydrogens is 478 g/mol. The summed E-state index contributed by atoms with van der Waals surface area (Å²) in [5, 5.41) is 32.7. The number of rotatable bonds is 6. The predicted octanol–water partition coefficient (Wildman–Crippen LogP) is 5.12. The van der Waals surface area contributed by atoms with Crippen LogP contribution < -0.4 is 10.0 Å². The lowest BCUT2D eigenvalue weighted by molar-refractivity contribution is -0.616. The van der Waals surface area contributed by atoms with Crippen molar-refractivity contribution in [3.63, 3.8) is 0 Å². The molecule has 194 valence electrons. The first kappa shape index (κ1) is 23.3. The Labute approximate surface area is 220 Å². The first-order chi connectivity index (χ1) is 18.5. The molecule has 3 aliphatic rings. The summed E-state index contributed by atoms with van der Waals surface area (Å²) in [5.41, 5.74) is 3.11. The number of fused-ring (bicyclic) bond motifs is 1. The highest BCUT2D eigenvalue weighted by molar-refractivity contribution is 6.06. The molecule has 0 aliphatic heterocycles. The molecule has 2 N–H and O–H groups in total. The zero-order valence-corrected chi connectivity index (χ0v) is 21.2. The second-order valence-corrected chi connectivity index (χ2v) is 11.2. The van der Waals surface area contributed by atoms with Gasteiger partial charge in [-0.25, -0.2) is 0 Å². The maximum atomic E-state index is 13.3. The van der Waals surface area contributed by atoms with Gasteiger partial charge in [0, 0.05) is 41.4 Å². The Balaban J connectivity index is 1.22. The van der Waals surface area contributed by atoms with Crippen molar-refractivity contribution in [2.24, 2.45) is 5.92 Å². The Morgan fingerprint density at radius 3 is 2.58 bits per heavy atom. The van der Waals surface area contributed by atoms with Gasteiger partial charge in [-0.1, -0.05) is 6.07 Å². The second kappa shape index (κ2) is 8.91. The summed E-state index contributed by atoms with van der Waals surface area (Å²) in [7, 11) is 0. The van der Waals surface area contributed by atoms with Crippen LogP contribution in [0.25, 0.3) is 22.2 Å². The van der Waals surface area contributed by atoms with Crippen LogP contribution in [0.5, 0.6) is 0 Å². The summed E-state index contributed by atoms with van der Waals surface area (Å²) >= 11 is 0. The van der Waals surface area contributed by atoms with Crippen molar-refractivity contribution in [1.29, 1.82) is 0 Å². The minimum atomic E-state index is -0.498. The minimum Gasteiger partial charge on any atom is -0.618 e. The van der Waals surface area contributed by atoms with Crippen molar-refractivity contribution in [3.05, 3.63) is 77.5 Å². The van der Waals surface area contributed by atoms with Gasteiger partial charge in [0.1, 0.15) is 0 Å². The molecule has 4 aromatic rings. The molecule has 0 radical (unpaired) electrons. The number of pyridine rings is 2. The van der Waals surface area contributed by atoms with E-state index in [0.29, 0.717) is 23.0 Å². The Morgan fingerprint density at radius 1 is 1.05 bits per heavy atom. The molecular formula is C30H31N5O3. The third-order valence-electron chi connectivity index (χ3n) is 8.59. The molecule has 3 fully saturated rings. The lowest BCUT2D eigenvalue weighted by Gasteiger charge is -2.36. The maximum absolute atomic E-state index is 13.3. The highest BCUT2D eigenvalue weighted by Crippen LogP contribution is 2.49. The minimum absolute atomic E-state index is 0.0857. The Bertz CT molecular complexity index is 1520. The highest BCUT2D eigenvalue weighted by Gasteiger charge is 2.46. The molecule has 0 spiro atoms. The van der Waals surface area contributed by atoms with Gasteiger partial charge < -0.3 is 15.6 Å². The van der Waals surface area contributed by atoms with Crippen LogP contribution in [-0.2, 0) is 0 Å². The summed E-state index contributed by atoms with van der Waals surface area (Å²) in [4.78, 5) is 17.8. The number of aromatic nitrogens is 4. The van der Waals surface area contributed by atoms with E-state index in [-0.39, 0.29) is 17.7 Å². The molecule has 1 aromatic carbocycles. The van der Waals surface area contributed by atoms with E-state index < -0.39 is 11.5 Å². The molecule has 8 nitrogen and oxygen atoms in total. The third-order valence-corrected chi connectivity index (χ3v) is 8.59. The third kappa shape index (κ3) is 4.22. The molecule has 7 rings (SSSR count). The van der Waals surface area contributed by atoms with Crippen molar-refractivity contribution in [1.82, 2.24) is 14.8 Å². The number of hydrogen-bond donors (Lipinski definition) is 2. The van der Waals surface area contributed by atoms with Crippen molar-refractivity contribution < 1.29 is 14.6 Å². The van der Waals surface area contributed by atoms with Gasteiger partial charge in [0.15, 0.2) is 5.69 Å². The van der Waals surface area contributed by atoms with E-state index in [0.717, 1.165) is 72.6 Å². The lowest BCUT2D eigenvalue weighted by Crippen LogP contribution is -2.40. The van der Waals surface area contributed by atoms with E-state index in [9.17, 15) is 15.1 Å². The molecule has 3 heterocycles. The number of aliphatic hydroxyl groups is 1. The van der Waals surface area contributed by atoms with Gasteiger partial charge in [-0.05, 0) is 87.6 Å². The monoisotopic (exact) mass is 509 g/mol. The number of carbonyl (C=O) groups is 1. The van der Waals surface area contributed by atoms with E-state index in [1.54, 1.807) is 24.4 Å². The van der Waals surface area contributed by atoms with Crippen LogP contribution in [0.1, 0.15) is 79.5 Å². The number of benzene rings is 1. The molecule has 1 amide bonds. The highest BCUT2D eigenvalue weighted by atomic mass is 16.5. The predicted molar refractivity (Wildman–Crippen MR) is 143 cm³/mol. The van der Waals surface area contributed by atoms with Crippen LogP contribution in [0.15, 0.2) is 60.9 Å². The van der Waals surface area contributed by atoms with Gasteiger partial charge in [-0.2, -0.15) is 9.83 Å². The van der Waals surface area contributed by atoms with Gasteiger partial charge in [0.25, 0.3) is 5.69 Å². The average molecular weight is 510 g/mol. The van der Waals surface area contributed by atoms with Gasteiger partial charge in [-0.3, -0.25) is 14.5 Å². The molecule has 0 unspecified atom stereocenters. The fraction of sp³-hybridized carbons (Fsp3) is 0.400. The maximum Gasteiger partial charge on any atom is 0.321 e. The number of anilines is 1. The van der Waals surface area contributed by atoms with E-state index in [1.807, 2.05) is 41.2 Å². The van der Waals surface area contributed by atoms with Crippen molar-refractivity contribution in [3.8, 4) is 11.3 Å². The van der Waals surface area contributed by atoms with Crippen molar-refractivity contribution in [2.45, 2.75) is 68.9 Å². The molecule has 0 atom stereocenters. The topological polar surface area (TPSA) is 107 Å². The number of carbonyl (C=O) groups excluding carboxylic acids is 1. The van der Waals surface area contributed by atoms with Crippen LogP contribution >= 0.6 is 0 Å². The standard InChI is InChI=1S/C30H31N5O3/c36-29(28-6-3-5-27(35(28)38)19-7-8-19)32-26-16-20-18-34(22-11-13-30(37,14-12-22)21-9-10-21)33-25(20)17-23(26)24-4-1-2-15-31-24/h1-6,15-19,21-22,37H,7-14H2,(H,32,36). The summed E-state index contributed by atoms with van der Waals surface area (Å²) < 4.78 is 2.80. The zero-order chi connectivity index (χ0) is 25.9.